The fourth-order valence-electron chi connectivity index (χ4n) is 3.75. The maximum atomic E-state index is 13.1. The molecule has 34 heavy (non-hydrogen) atoms. The predicted octanol–water partition coefficient (Wildman–Crippen LogP) is 4.31. The van der Waals surface area contributed by atoms with Crippen LogP contribution in [0, 0.1) is 0 Å². The molecule has 0 aliphatic carbocycles. The summed E-state index contributed by atoms with van der Waals surface area (Å²) in [6, 6.07) is 16.0. The van der Waals surface area contributed by atoms with E-state index >= 15 is 0 Å². The van der Waals surface area contributed by atoms with Gasteiger partial charge in [0.25, 0.3) is 5.91 Å². The van der Waals surface area contributed by atoms with E-state index < -0.39 is 24.5 Å². The highest BCUT2D eigenvalue weighted by molar-refractivity contribution is 7.98. The number of hydrogen-bond acceptors (Lipinski definition) is 8. The van der Waals surface area contributed by atoms with Gasteiger partial charge in [0.2, 0.25) is 0 Å². The second-order valence-electron chi connectivity index (χ2n) is 7.37. The quantitative estimate of drug-likeness (QED) is 0.289. The Morgan fingerprint density at radius 1 is 1.09 bits per heavy atom. The Bertz CT molecular complexity index is 1310. The van der Waals surface area contributed by atoms with Crippen LogP contribution >= 0.6 is 11.8 Å². The first-order chi connectivity index (χ1) is 16.7. The van der Waals surface area contributed by atoms with Crippen molar-refractivity contribution < 1.29 is 23.2 Å². The number of hydrogen-bond donors (Lipinski definition) is 0. The molecule has 1 aliphatic heterocycles. The van der Waals surface area contributed by atoms with Crippen LogP contribution in [0.25, 0.3) is 5.69 Å². The first kappa shape index (κ1) is 21.8. The standard InChI is InChI=1S/C24H20N4O5S/c1-34-24-25-14-19(27(24)16-7-3-2-4-8-16)23(30)33-15-22(29)28-18(21-10-6-12-32-21)13-17(26-28)20-9-5-11-31-20/h2-12,14,18H,13,15H2,1H3. The number of nitrogens with zero attached hydrogens (tertiary/aromatic N) is 4. The number of carbonyl (C=O) groups is 2. The van der Waals surface area contributed by atoms with Gasteiger partial charge in [0.1, 0.15) is 23.3 Å². The van der Waals surface area contributed by atoms with E-state index in [0.717, 1.165) is 5.69 Å². The number of carbonyl (C=O) groups excluding carboxylic acids is 2. The van der Waals surface area contributed by atoms with E-state index in [2.05, 4.69) is 10.1 Å². The summed E-state index contributed by atoms with van der Waals surface area (Å²) in [4.78, 5) is 30.3. The number of imidazole rings is 1. The van der Waals surface area contributed by atoms with Crippen molar-refractivity contribution in [3.05, 3.63) is 90.5 Å². The van der Waals surface area contributed by atoms with Gasteiger partial charge in [0.05, 0.1) is 18.7 Å². The third-order valence-electron chi connectivity index (χ3n) is 5.31. The largest absolute Gasteiger partial charge is 0.467 e. The summed E-state index contributed by atoms with van der Waals surface area (Å²) < 4.78 is 18.0. The minimum atomic E-state index is -0.658. The number of amides is 1. The van der Waals surface area contributed by atoms with Gasteiger partial charge < -0.3 is 13.6 Å². The van der Waals surface area contributed by atoms with Crippen molar-refractivity contribution in [2.45, 2.75) is 17.6 Å². The Kier molecular flexibility index (Phi) is 6.05. The maximum absolute atomic E-state index is 13.1. The van der Waals surface area contributed by atoms with E-state index in [9.17, 15) is 9.59 Å². The van der Waals surface area contributed by atoms with Crippen LogP contribution in [-0.2, 0) is 9.53 Å². The molecule has 0 radical (unpaired) electrons. The zero-order chi connectivity index (χ0) is 23.5. The zero-order valence-electron chi connectivity index (χ0n) is 18.2. The number of aromatic nitrogens is 2. The molecule has 9 nitrogen and oxygen atoms in total. The Labute approximate surface area is 199 Å². The predicted molar refractivity (Wildman–Crippen MR) is 124 cm³/mol. The van der Waals surface area contributed by atoms with Gasteiger partial charge in [-0.15, -0.1) is 0 Å². The van der Waals surface area contributed by atoms with Crippen molar-refractivity contribution >= 4 is 29.4 Å². The first-order valence-corrected chi connectivity index (χ1v) is 11.7. The molecule has 0 saturated carbocycles. The fourth-order valence-corrected chi connectivity index (χ4v) is 4.30. The molecule has 0 fully saturated rings. The summed E-state index contributed by atoms with van der Waals surface area (Å²) in [5.41, 5.74) is 1.61. The molecule has 1 atom stereocenters. The zero-order valence-corrected chi connectivity index (χ0v) is 19.0. The van der Waals surface area contributed by atoms with E-state index in [1.54, 1.807) is 35.1 Å². The van der Waals surface area contributed by atoms with Crippen LogP contribution in [0.5, 0.6) is 0 Å². The molecule has 172 valence electrons. The summed E-state index contributed by atoms with van der Waals surface area (Å²) >= 11 is 1.40. The van der Waals surface area contributed by atoms with Crippen molar-refractivity contribution in [1.29, 1.82) is 0 Å². The van der Waals surface area contributed by atoms with Crippen LogP contribution < -0.4 is 0 Å². The third kappa shape index (κ3) is 4.15. The van der Waals surface area contributed by atoms with Gasteiger partial charge >= 0.3 is 5.97 Å². The second-order valence-corrected chi connectivity index (χ2v) is 8.15. The van der Waals surface area contributed by atoms with Crippen LogP contribution in [0.3, 0.4) is 0 Å². The van der Waals surface area contributed by atoms with Crippen molar-refractivity contribution in [3.63, 3.8) is 0 Å². The van der Waals surface area contributed by atoms with E-state index in [1.165, 1.54) is 29.2 Å². The van der Waals surface area contributed by atoms with Crippen LogP contribution in [0.2, 0.25) is 0 Å². The highest BCUT2D eigenvalue weighted by atomic mass is 32.2. The number of thioether (sulfide) groups is 1. The van der Waals surface area contributed by atoms with Crippen molar-refractivity contribution in [2.24, 2.45) is 5.10 Å². The number of hydrazone groups is 1. The molecule has 4 heterocycles. The lowest BCUT2D eigenvalue weighted by molar-refractivity contribution is -0.136. The molecular formula is C24H20N4O5S. The lowest BCUT2D eigenvalue weighted by Crippen LogP contribution is -2.31. The van der Waals surface area contributed by atoms with Gasteiger partial charge in [-0.25, -0.2) is 14.8 Å². The highest BCUT2D eigenvalue weighted by Gasteiger charge is 2.36. The minimum absolute atomic E-state index is 0.229. The third-order valence-corrected chi connectivity index (χ3v) is 5.96. The molecule has 1 unspecified atom stereocenters. The average molecular weight is 477 g/mol. The van der Waals surface area contributed by atoms with E-state index in [0.29, 0.717) is 28.8 Å². The number of rotatable bonds is 7. The summed E-state index contributed by atoms with van der Waals surface area (Å²) in [7, 11) is 0. The molecule has 1 aliphatic rings. The maximum Gasteiger partial charge on any atom is 0.357 e. The van der Waals surface area contributed by atoms with Crippen molar-refractivity contribution in [1.82, 2.24) is 14.6 Å². The highest BCUT2D eigenvalue weighted by Crippen LogP contribution is 2.33. The molecule has 10 heteroatoms. The lowest BCUT2D eigenvalue weighted by atomic mass is 10.1. The number of para-hydroxylation sites is 1. The number of benzene rings is 1. The SMILES string of the molecule is CSc1ncc(C(=O)OCC(=O)N2N=C(c3ccco3)CC2c2ccco2)n1-c1ccccc1. The number of esters is 1. The Balaban J connectivity index is 1.34. The molecule has 0 bridgehead atoms. The fraction of sp³-hybridized carbons (Fsp3) is 0.167. The second kappa shape index (κ2) is 9.44. The summed E-state index contributed by atoms with van der Waals surface area (Å²) in [6.07, 6.45) is 6.82. The van der Waals surface area contributed by atoms with Crippen molar-refractivity contribution in [3.8, 4) is 5.69 Å². The summed E-state index contributed by atoms with van der Waals surface area (Å²) in [5, 5.41) is 6.35. The van der Waals surface area contributed by atoms with Crippen LogP contribution in [0.1, 0.15) is 34.5 Å². The van der Waals surface area contributed by atoms with Crippen molar-refractivity contribution in [2.75, 3.05) is 12.9 Å². The minimum Gasteiger partial charge on any atom is -0.467 e. The first-order valence-electron chi connectivity index (χ1n) is 10.5. The van der Waals surface area contributed by atoms with E-state index in [-0.39, 0.29) is 5.69 Å². The number of ether oxygens (including phenoxy) is 1. The van der Waals surface area contributed by atoms with Gasteiger partial charge in [0.15, 0.2) is 17.5 Å². The molecule has 5 rings (SSSR count). The van der Waals surface area contributed by atoms with Crippen LogP contribution in [0.4, 0.5) is 0 Å². The van der Waals surface area contributed by atoms with Gasteiger partial charge in [-0.1, -0.05) is 30.0 Å². The van der Waals surface area contributed by atoms with Gasteiger partial charge in [-0.05, 0) is 42.7 Å². The van der Waals surface area contributed by atoms with Crippen LogP contribution in [-0.4, -0.2) is 45.0 Å². The molecule has 1 amide bonds. The topological polar surface area (TPSA) is 103 Å². The Hall–Kier alpha value is -4.05. The molecule has 0 N–H and O–H groups in total. The van der Waals surface area contributed by atoms with Gasteiger partial charge in [0, 0.05) is 12.1 Å². The normalized spacial score (nSPS) is 15.4. The number of furan rings is 2. The van der Waals surface area contributed by atoms with Crippen LogP contribution in [0.15, 0.2) is 92.4 Å². The average Bonchev–Trinajstić information content (AvgIpc) is 3.68. The molecule has 4 aromatic rings. The van der Waals surface area contributed by atoms with E-state index in [1.807, 2.05) is 36.6 Å². The lowest BCUT2D eigenvalue weighted by Gasteiger charge is -2.19. The molecule has 1 aromatic carbocycles. The molecular weight excluding hydrogens is 456 g/mol. The molecule has 0 spiro atoms. The van der Waals surface area contributed by atoms with E-state index in [4.69, 9.17) is 13.6 Å². The monoisotopic (exact) mass is 476 g/mol. The summed E-state index contributed by atoms with van der Waals surface area (Å²) in [5.74, 6) is 0.0121. The van der Waals surface area contributed by atoms with Gasteiger partial charge in [-0.3, -0.25) is 9.36 Å². The molecule has 0 saturated heterocycles. The molecule has 3 aromatic heterocycles. The summed E-state index contributed by atoms with van der Waals surface area (Å²) in [6.45, 7) is -0.487. The smallest absolute Gasteiger partial charge is 0.357 e. The Morgan fingerprint density at radius 3 is 2.59 bits per heavy atom. The van der Waals surface area contributed by atoms with Gasteiger partial charge in [-0.2, -0.15) is 5.10 Å². The Morgan fingerprint density at radius 2 is 1.88 bits per heavy atom.